The molecule has 0 spiro atoms. The molecule has 0 fully saturated rings. The minimum Gasteiger partial charge on any atom is -0.497 e. The van der Waals surface area contributed by atoms with Crippen molar-refractivity contribution in [1.82, 2.24) is 9.78 Å². The molecule has 0 aliphatic heterocycles. The summed E-state index contributed by atoms with van der Waals surface area (Å²) < 4.78 is 19.7. The number of hydrogen-bond donors (Lipinski definition) is 1. The summed E-state index contributed by atoms with van der Waals surface area (Å²) in [5.41, 5.74) is 3.33. The Morgan fingerprint density at radius 3 is 2.64 bits per heavy atom. The lowest BCUT2D eigenvalue weighted by molar-refractivity contribution is 0.0992. The van der Waals surface area contributed by atoms with Crippen molar-refractivity contribution in [1.29, 1.82) is 0 Å². The number of rotatable bonds is 8. The van der Waals surface area contributed by atoms with Crippen molar-refractivity contribution in [3.63, 3.8) is 0 Å². The van der Waals surface area contributed by atoms with Gasteiger partial charge in [-0.25, -0.2) is 0 Å². The van der Waals surface area contributed by atoms with Crippen molar-refractivity contribution in [2.75, 3.05) is 12.4 Å². The number of amides is 1. The fourth-order valence-corrected chi connectivity index (χ4v) is 3.77. The van der Waals surface area contributed by atoms with E-state index in [0.717, 1.165) is 32.0 Å². The normalized spacial score (nSPS) is 10.8. The number of carbonyl (C=O) groups is 1. The highest BCUT2D eigenvalue weighted by Gasteiger charge is 2.18. The van der Waals surface area contributed by atoms with Gasteiger partial charge < -0.3 is 19.2 Å². The van der Waals surface area contributed by atoms with Crippen molar-refractivity contribution < 1.29 is 18.7 Å². The van der Waals surface area contributed by atoms with Gasteiger partial charge in [0, 0.05) is 3.57 Å². The second kappa shape index (κ2) is 10.1. The van der Waals surface area contributed by atoms with Crippen LogP contribution < -0.4 is 14.8 Å². The van der Waals surface area contributed by atoms with E-state index in [0.29, 0.717) is 18.0 Å². The Hall–Kier alpha value is -3.27. The number of ether oxygens (including phenoxy) is 2. The van der Waals surface area contributed by atoms with Gasteiger partial charge in [-0.05, 0) is 90.5 Å². The molecule has 33 heavy (non-hydrogen) atoms. The zero-order valence-corrected chi connectivity index (χ0v) is 20.8. The van der Waals surface area contributed by atoms with E-state index in [4.69, 9.17) is 13.9 Å². The summed E-state index contributed by atoms with van der Waals surface area (Å²) >= 11 is 2.24. The first-order chi connectivity index (χ1) is 15.9. The topological polar surface area (TPSA) is 78.5 Å². The third-order valence-corrected chi connectivity index (χ3v) is 5.89. The Morgan fingerprint density at radius 1 is 1.09 bits per heavy atom. The zero-order chi connectivity index (χ0) is 23.4. The molecule has 4 rings (SSSR count). The highest BCUT2D eigenvalue weighted by Crippen LogP contribution is 2.23. The minimum atomic E-state index is -0.331. The first kappa shape index (κ1) is 22.9. The lowest BCUT2D eigenvalue weighted by atomic mass is 10.2. The van der Waals surface area contributed by atoms with Gasteiger partial charge in [-0.15, -0.1) is 0 Å². The van der Waals surface area contributed by atoms with Crippen LogP contribution in [0.25, 0.3) is 0 Å². The molecule has 1 N–H and O–H groups in total. The quantitative estimate of drug-likeness (QED) is 0.286. The Morgan fingerprint density at radius 2 is 1.88 bits per heavy atom. The number of benzene rings is 2. The molecule has 0 unspecified atom stereocenters. The predicted octanol–water partition coefficient (Wildman–Crippen LogP) is 5.59. The third kappa shape index (κ3) is 5.57. The summed E-state index contributed by atoms with van der Waals surface area (Å²) in [5.74, 6) is 1.99. The van der Waals surface area contributed by atoms with Gasteiger partial charge in [0.25, 0.3) is 5.91 Å². The summed E-state index contributed by atoms with van der Waals surface area (Å²) in [6.45, 7) is 4.61. The zero-order valence-electron chi connectivity index (χ0n) is 18.6. The van der Waals surface area contributed by atoms with E-state index in [1.807, 2.05) is 67.1 Å². The molecule has 0 saturated heterocycles. The molecule has 2 aromatic heterocycles. The van der Waals surface area contributed by atoms with Crippen LogP contribution in [0.3, 0.4) is 0 Å². The summed E-state index contributed by atoms with van der Waals surface area (Å²) in [6, 6.07) is 18.9. The maximum Gasteiger partial charge on any atom is 0.291 e. The molecule has 170 valence electrons. The van der Waals surface area contributed by atoms with Gasteiger partial charge in [0.1, 0.15) is 23.9 Å². The van der Waals surface area contributed by atoms with Gasteiger partial charge in [0.2, 0.25) is 0 Å². The molecule has 2 heterocycles. The van der Waals surface area contributed by atoms with Crippen LogP contribution in [0.1, 0.15) is 33.3 Å². The molecule has 7 nitrogen and oxygen atoms in total. The Balaban J connectivity index is 1.41. The van der Waals surface area contributed by atoms with Crippen molar-refractivity contribution in [3.05, 3.63) is 92.7 Å². The molecule has 0 bridgehead atoms. The number of nitrogens with one attached hydrogen (secondary N) is 1. The highest BCUT2D eigenvalue weighted by atomic mass is 127. The first-order valence-corrected chi connectivity index (χ1v) is 11.5. The molecule has 1 amide bonds. The van der Waals surface area contributed by atoms with Gasteiger partial charge in [0.15, 0.2) is 5.76 Å². The molecular formula is C25H24IN3O4. The molecule has 4 aromatic rings. The van der Waals surface area contributed by atoms with Crippen molar-refractivity contribution in [3.8, 4) is 11.5 Å². The summed E-state index contributed by atoms with van der Waals surface area (Å²) in [6.07, 6.45) is 0. The van der Waals surface area contributed by atoms with Crippen LogP contribution >= 0.6 is 22.6 Å². The van der Waals surface area contributed by atoms with Crippen LogP contribution in [0.5, 0.6) is 11.5 Å². The second-order valence-corrected chi connectivity index (χ2v) is 8.76. The number of carbonyl (C=O) groups excluding carboxylic acids is 1. The second-order valence-electron chi connectivity index (χ2n) is 7.52. The lowest BCUT2D eigenvalue weighted by Crippen LogP contribution is -2.12. The van der Waals surface area contributed by atoms with E-state index < -0.39 is 0 Å². The number of furan rings is 1. The highest BCUT2D eigenvalue weighted by molar-refractivity contribution is 14.1. The Labute approximate surface area is 205 Å². The van der Waals surface area contributed by atoms with Crippen LogP contribution in [0, 0.1) is 17.4 Å². The monoisotopic (exact) mass is 557 g/mol. The van der Waals surface area contributed by atoms with Crippen LogP contribution in [0.4, 0.5) is 5.69 Å². The number of aryl methyl sites for hydroxylation is 1. The van der Waals surface area contributed by atoms with E-state index in [1.54, 1.807) is 19.2 Å². The summed E-state index contributed by atoms with van der Waals surface area (Å²) in [4.78, 5) is 12.8. The lowest BCUT2D eigenvalue weighted by Gasteiger charge is -2.08. The predicted molar refractivity (Wildman–Crippen MR) is 134 cm³/mol. The maximum absolute atomic E-state index is 12.8. The number of hydrogen-bond acceptors (Lipinski definition) is 5. The van der Waals surface area contributed by atoms with Crippen molar-refractivity contribution >= 4 is 34.2 Å². The number of anilines is 1. The number of aromatic nitrogens is 2. The van der Waals surface area contributed by atoms with Gasteiger partial charge in [0.05, 0.1) is 30.7 Å². The fourth-order valence-electron chi connectivity index (χ4n) is 3.41. The number of nitrogens with zero attached hydrogens (tertiary/aromatic N) is 2. The molecule has 0 saturated carbocycles. The van der Waals surface area contributed by atoms with Crippen molar-refractivity contribution in [2.45, 2.75) is 27.0 Å². The molecular weight excluding hydrogens is 533 g/mol. The summed E-state index contributed by atoms with van der Waals surface area (Å²) in [7, 11) is 1.64. The first-order valence-electron chi connectivity index (χ1n) is 10.4. The Bertz CT molecular complexity index is 1260. The Kier molecular flexibility index (Phi) is 7.02. The van der Waals surface area contributed by atoms with Gasteiger partial charge in [-0.1, -0.05) is 12.1 Å². The van der Waals surface area contributed by atoms with Gasteiger partial charge in [-0.3, -0.25) is 9.48 Å². The van der Waals surface area contributed by atoms with E-state index >= 15 is 0 Å². The molecule has 0 atom stereocenters. The minimum absolute atomic E-state index is 0.218. The SMILES string of the molecule is COc1cccc(Cn2nc(C)c(NC(=O)c3ccc(COc4ccc(I)cc4)o3)c2C)c1. The van der Waals surface area contributed by atoms with Crippen LogP contribution in [-0.2, 0) is 13.2 Å². The van der Waals surface area contributed by atoms with E-state index in [1.165, 1.54) is 0 Å². The average molecular weight is 557 g/mol. The average Bonchev–Trinajstić information content (AvgIpc) is 3.39. The molecule has 0 aliphatic rings. The van der Waals surface area contributed by atoms with E-state index in [9.17, 15) is 4.79 Å². The smallest absolute Gasteiger partial charge is 0.291 e. The maximum atomic E-state index is 12.8. The van der Waals surface area contributed by atoms with Gasteiger partial charge >= 0.3 is 0 Å². The van der Waals surface area contributed by atoms with E-state index in [-0.39, 0.29) is 18.3 Å². The molecule has 0 aliphatic carbocycles. The largest absolute Gasteiger partial charge is 0.497 e. The summed E-state index contributed by atoms with van der Waals surface area (Å²) in [5, 5.41) is 7.53. The van der Waals surface area contributed by atoms with Gasteiger partial charge in [-0.2, -0.15) is 5.10 Å². The molecule has 8 heteroatoms. The van der Waals surface area contributed by atoms with Crippen molar-refractivity contribution in [2.24, 2.45) is 0 Å². The number of methoxy groups -OCH3 is 1. The number of halogens is 1. The standard InChI is InChI=1S/C25H24IN3O4/c1-16-24(17(2)29(28-16)14-18-5-4-6-21(13-18)31-3)27-25(30)23-12-11-22(33-23)15-32-20-9-7-19(26)8-10-20/h4-13H,14-15H2,1-3H3,(H,27,30). The van der Waals surface area contributed by atoms with Crippen LogP contribution in [-0.4, -0.2) is 22.8 Å². The van der Waals surface area contributed by atoms with Crippen LogP contribution in [0.15, 0.2) is 65.1 Å². The van der Waals surface area contributed by atoms with E-state index in [2.05, 4.69) is 33.0 Å². The van der Waals surface area contributed by atoms with Crippen LogP contribution in [0.2, 0.25) is 0 Å². The molecule has 0 radical (unpaired) electrons. The third-order valence-electron chi connectivity index (χ3n) is 5.17. The fraction of sp³-hybridized carbons (Fsp3) is 0.200. The molecule has 2 aromatic carbocycles.